The zero-order valence-corrected chi connectivity index (χ0v) is 7.99. The molecule has 1 aromatic carbocycles. The average Bonchev–Trinajstić information content (AvgIpc) is 2.99. The number of primary amides is 1. The van der Waals surface area contributed by atoms with Crippen LogP contribution in [0.25, 0.3) is 0 Å². The Balaban J connectivity index is 2.26. The molecule has 14 heavy (non-hydrogen) atoms. The summed E-state index contributed by atoms with van der Waals surface area (Å²) in [4.78, 5) is 10.8. The largest absolute Gasteiger partial charge is 0.366 e. The van der Waals surface area contributed by atoms with Crippen LogP contribution >= 0.6 is 0 Å². The van der Waals surface area contributed by atoms with Crippen molar-refractivity contribution in [2.75, 3.05) is 6.54 Å². The second-order valence-electron chi connectivity index (χ2n) is 3.93. The Labute approximate surface area is 83.1 Å². The smallest absolute Gasteiger partial charge is 0.248 e. The quantitative estimate of drug-likeness (QED) is 0.739. The van der Waals surface area contributed by atoms with Crippen molar-refractivity contribution in [2.24, 2.45) is 11.5 Å². The summed E-state index contributed by atoms with van der Waals surface area (Å²) in [5, 5.41) is 0. The summed E-state index contributed by atoms with van der Waals surface area (Å²) in [6.45, 7) is 0.683. The SMILES string of the molecule is NCC1(c2ccc(C(N)=O)cc2)CC1. The van der Waals surface area contributed by atoms with E-state index in [9.17, 15) is 4.79 Å². The van der Waals surface area contributed by atoms with E-state index in [1.807, 2.05) is 12.1 Å². The van der Waals surface area contributed by atoms with E-state index in [1.165, 1.54) is 5.56 Å². The lowest BCUT2D eigenvalue weighted by Gasteiger charge is -2.12. The molecule has 74 valence electrons. The van der Waals surface area contributed by atoms with E-state index in [0.717, 1.165) is 12.8 Å². The zero-order chi connectivity index (χ0) is 10.2. The molecule has 0 spiro atoms. The minimum Gasteiger partial charge on any atom is -0.366 e. The van der Waals surface area contributed by atoms with Crippen LogP contribution in [-0.4, -0.2) is 12.5 Å². The van der Waals surface area contributed by atoms with Crippen LogP contribution in [-0.2, 0) is 5.41 Å². The Morgan fingerprint density at radius 1 is 1.29 bits per heavy atom. The van der Waals surface area contributed by atoms with Gasteiger partial charge in [0.25, 0.3) is 0 Å². The number of carbonyl (C=O) groups excluding carboxylic acids is 1. The lowest BCUT2D eigenvalue weighted by molar-refractivity contribution is 0.100. The molecule has 0 unspecified atom stereocenters. The van der Waals surface area contributed by atoms with Crippen molar-refractivity contribution in [3.63, 3.8) is 0 Å². The number of carbonyl (C=O) groups is 1. The Hall–Kier alpha value is -1.35. The van der Waals surface area contributed by atoms with Gasteiger partial charge in [-0.15, -0.1) is 0 Å². The highest BCUT2D eigenvalue weighted by molar-refractivity contribution is 5.92. The fourth-order valence-corrected chi connectivity index (χ4v) is 1.75. The van der Waals surface area contributed by atoms with Gasteiger partial charge in [-0.25, -0.2) is 0 Å². The first-order chi connectivity index (χ1) is 6.68. The van der Waals surface area contributed by atoms with Gasteiger partial charge in [0.1, 0.15) is 0 Å². The summed E-state index contributed by atoms with van der Waals surface area (Å²) in [5.74, 6) is -0.380. The average molecular weight is 190 g/mol. The van der Waals surface area contributed by atoms with Gasteiger partial charge in [0.2, 0.25) is 5.91 Å². The predicted octanol–water partition coefficient (Wildman–Crippen LogP) is 0.776. The topological polar surface area (TPSA) is 69.1 Å². The normalized spacial score (nSPS) is 17.8. The third-order valence-corrected chi connectivity index (χ3v) is 3.03. The van der Waals surface area contributed by atoms with Gasteiger partial charge in [-0.05, 0) is 30.5 Å². The highest BCUT2D eigenvalue weighted by Gasteiger charge is 2.42. The van der Waals surface area contributed by atoms with Crippen molar-refractivity contribution in [2.45, 2.75) is 18.3 Å². The monoisotopic (exact) mass is 190 g/mol. The molecule has 0 bridgehead atoms. The molecule has 2 rings (SSSR count). The lowest BCUT2D eigenvalue weighted by atomic mass is 9.95. The third-order valence-electron chi connectivity index (χ3n) is 3.03. The second-order valence-corrected chi connectivity index (χ2v) is 3.93. The van der Waals surface area contributed by atoms with E-state index >= 15 is 0 Å². The molecular weight excluding hydrogens is 176 g/mol. The molecule has 0 heterocycles. The summed E-state index contributed by atoms with van der Waals surface area (Å²) in [6, 6.07) is 7.46. The van der Waals surface area contributed by atoms with Gasteiger partial charge in [0.05, 0.1) is 0 Å². The number of rotatable bonds is 3. The fraction of sp³-hybridized carbons (Fsp3) is 0.364. The first kappa shape index (κ1) is 9.21. The molecule has 0 atom stereocenters. The van der Waals surface area contributed by atoms with Crippen LogP contribution in [0.1, 0.15) is 28.8 Å². The van der Waals surface area contributed by atoms with E-state index < -0.39 is 0 Å². The van der Waals surface area contributed by atoms with E-state index in [-0.39, 0.29) is 11.3 Å². The first-order valence-corrected chi connectivity index (χ1v) is 4.78. The molecule has 1 aliphatic rings. The summed E-state index contributed by atoms with van der Waals surface area (Å²) >= 11 is 0. The van der Waals surface area contributed by atoms with Crippen LogP contribution in [0.15, 0.2) is 24.3 Å². The van der Waals surface area contributed by atoms with Crippen molar-refractivity contribution < 1.29 is 4.79 Å². The van der Waals surface area contributed by atoms with Gasteiger partial charge in [0.15, 0.2) is 0 Å². The maximum atomic E-state index is 10.8. The molecule has 0 saturated heterocycles. The second kappa shape index (κ2) is 3.10. The van der Waals surface area contributed by atoms with Gasteiger partial charge in [-0.3, -0.25) is 4.79 Å². The Bertz CT molecular complexity index is 352. The number of amides is 1. The van der Waals surface area contributed by atoms with Crippen LogP contribution in [0.2, 0.25) is 0 Å². The van der Waals surface area contributed by atoms with Crippen molar-refractivity contribution in [3.05, 3.63) is 35.4 Å². The fourth-order valence-electron chi connectivity index (χ4n) is 1.75. The van der Waals surface area contributed by atoms with Gasteiger partial charge in [-0.1, -0.05) is 12.1 Å². The summed E-state index contributed by atoms with van der Waals surface area (Å²) < 4.78 is 0. The molecule has 3 nitrogen and oxygen atoms in total. The molecule has 0 aromatic heterocycles. The highest BCUT2D eigenvalue weighted by Crippen LogP contribution is 2.47. The number of hydrogen-bond acceptors (Lipinski definition) is 2. The standard InChI is InChI=1S/C11H14N2O/c12-7-11(5-6-11)9-3-1-8(2-4-9)10(13)14/h1-4H,5-7,12H2,(H2,13,14). The maximum absolute atomic E-state index is 10.8. The van der Waals surface area contributed by atoms with Gasteiger partial charge in [0, 0.05) is 17.5 Å². The summed E-state index contributed by atoms with van der Waals surface area (Å²) in [6.07, 6.45) is 2.30. The van der Waals surface area contributed by atoms with Crippen molar-refractivity contribution in [1.82, 2.24) is 0 Å². The summed E-state index contributed by atoms with van der Waals surface area (Å²) in [7, 11) is 0. The number of benzene rings is 1. The van der Waals surface area contributed by atoms with Crippen LogP contribution < -0.4 is 11.5 Å². The summed E-state index contributed by atoms with van der Waals surface area (Å²) in [5.41, 5.74) is 12.8. The van der Waals surface area contributed by atoms with Gasteiger partial charge < -0.3 is 11.5 Å². The Kier molecular flexibility index (Phi) is 2.04. The van der Waals surface area contributed by atoms with Gasteiger partial charge in [-0.2, -0.15) is 0 Å². The molecule has 1 aromatic rings. The van der Waals surface area contributed by atoms with Crippen molar-refractivity contribution >= 4 is 5.91 Å². The van der Waals surface area contributed by atoms with E-state index in [0.29, 0.717) is 12.1 Å². The minimum absolute atomic E-state index is 0.191. The molecule has 0 radical (unpaired) electrons. The Morgan fingerprint density at radius 2 is 1.86 bits per heavy atom. The van der Waals surface area contributed by atoms with Crippen LogP contribution in [0.5, 0.6) is 0 Å². The van der Waals surface area contributed by atoms with Crippen LogP contribution in [0.3, 0.4) is 0 Å². The van der Waals surface area contributed by atoms with E-state index in [4.69, 9.17) is 11.5 Å². The molecule has 1 fully saturated rings. The van der Waals surface area contributed by atoms with Crippen LogP contribution in [0, 0.1) is 0 Å². The van der Waals surface area contributed by atoms with Crippen molar-refractivity contribution in [1.29, 1.82) is 0 Å². The van der Waals surface area contributed by atoms with E-state index in [2.05, 4.69) is 0 Å². The molecular formula is C11H14N2O. The molecule has 1 aliphatic carbocycles. The zero-order valence-electron chi connectivity index (χ0n) is 7.99. The molecule has 1 saturated carbocycles. The molecule has 1 amide bonds. The van der Waals surface area contributed by atoms with Crippen molar-refractivity contribution in [3.8, 4) is 0 Å². The van der Waals surface area contributed by atoms with Crippen LogP contribution in [0.4, 0.5) is 0 Å². The molecule has 3 heteroatoms. The van der Waals surface area contributed by atoms with Gasteiger partial charge >= 0.3 is 0 Å². The van der Waals surface area contributed by atoms with E-state index in [1.54, 1.807) is 12.1 Å². The maximum Gasteiger partial charge on any atom is 0.248 e. The first-order valence-electron chi connectivity index (χ1n) is 4.78. The Morgan fingerprint density at radius 3 is 2.21 bits per heavy atom. The highest BCUT2D eigenvalue weighted by atomic mass is 16.1. The molecule has 0 aliphatic heterocycles. The minimum atomic E-state index is -0.380. The lowest BCUT2D eigenvalue weighted by Crippen LogP contribution is -2.20. The molecule has 4 N–H and O–H groups in total. The number of hydrogen-bond donors (Lipinski definition) is 2. The third kappa shape index (κ3) is 1.40. The predicted molar refractivity (Wildman–Crippen MR) is 54.9 cm³/mol. The number of nitrogens with two attached hydrogens (primary N) is 2.